The van der Waals surface area contributed by atoms with Gasteiger partial charge in [0.1, 0.15) is 0 Å². The standard InChI is InChI=1S/C22H25F3N2O3/c1-30-19(28)17-4-2-15(3-5-17)16-6-8-18(9-7-16)21(14-26)10-12-27(13-11-21)20(29)22(23,24)25/h6-9,15,17H,2-5,10-13H2,1H3. The molecule has 1 aromatic rings. The highest BCUT2D eigenvalue weighted by atomic mass is 19.4. The SMILES string of the molecule is COC(=O)C1CCC(c2ccc(C3(C#N)CCN(C(=O)C(F)(F)F)CC3)cc2)CC1. The van der Waals surface area contributed by atoms with E-state index < -0.39 is 17.5 Å². The minimum Gasteiger partial charge on any atom is -0.469 e. The molecule has 1 saturated heterocycles. The van der Waals surface area contributed by atoms with E-state index in [1.807, 2.05) is 24.3 Å². The molecule has 3 rings (SSSR count). The number of carbonyl (C=O) groups is 2. The smallest absolute Gasteiger partial charge is 0.469 e. The van der Waals surface area contributed by atoms with Crippen LogP contribution in [0.1, 0.15) is 55.6 Å². The van der Waals surface area contributed by atoms with Gasteiger partial charge in [-0.1, -0.05) is 24.3 Å². The molecule has 2 aliphatic rings. The van der Waals surface area contributed by atoms with Gasteiger partial charge in [-0.2, -0.15) is 18.4 Å². The van der Waals surface area contributed by atoms with E-state index >= 15 is 0 Å². The minimum atomic E-state index is -4.89. The third-order valence-electron chi connectivity index (χ3n) is 6.56. The van der Waals surface area contributed by atoms with Crippen molar-refractivity contribution in [3.8, 4) is 6.07 Å². The molecule has 30 heavy (non-hydrogen) atoms. The fourth-order valence-corrected chi connectivity index (χ4v) is 4.64. The Labute approximate surface area is 173 Å². The minimum absolute atomic E-state index is 0.0445. The summed E-state index contributed by atoms with van der Waals surface area (Å²) in [4.78, 5) is 23.9. The quantitative estimate of drug-likeness (QED) is 0.689. The number of rotatable bonds is 3. The van der Waals surface area contributed by atoms with Crippen LogP contribution in [0.25, 0.3) is 0 Å². The molecule has 1 heterocycles. The maximum absolute atomic E-state index is 12.7. The van der Waals surface area contributed by atoms with Crippen LogP contribution in [-0.2, 0) is 19.7 Å². The van der Waals surface area contributed by atoms with Crippen LogP contribution in [0.2, 0.25) is 0 Å². The summed E-state index contributed by atoms with van der Waals surface area (Å²) < 4.78 is 42.8. The van der Waals surface area contributed by atoms with Crippen molar-refractivity contribution in [2.24, 2.45) is 5.92 Å². The van der Waals surface area contributed by atoms with E-state index in [4.69, 9.17) is 4.74 Å². The molecule has 0 bridgehead atoms. The summed E-state index contributed by atoms with van der Waals surface area (Å²) in [6.45, 7) is -0.184. The molecule has 162 valence electrons. The predicted octanol–water partition coefficient (Wildman–Crippen LogP) is 4.08. The van der Waals surface area contributed by atoms with Gasteiger partial charge in [0.25, 0.3) is 0 Å². The molecule has 5 nitrogen and oxygen atoms in total. The van der Waals surface area contributed by atoms with E-state index in [1.54, 1.807) is 0 Å². The monoisotopic (exact) mass is 422 g/mol. The van der Waals surface area contributed by atoms with Gasteiger partial charge in [-0.25, -0.2) is 0 Å². The Hall–Kier alpha value is -2.56. The molecule has 1 saturated carbocycles. The average Bonchev–Trinajstić information content (AvgIpc) is 2.77. The largest absolute Gasteiger partial charge is 0.471 e. The first-order chi connectivity index (χ1) is 14.2. The van der Waals surface area contributed by atoms with Gasteiger partial charge in [-0.15, -0.1) is 0 Å². The van der Waals surface area contributed by atoms with Gasteiger partial charge >= 0.3 is 18.1 Å². The molecule has 2 fully saturated rings. The zero-order valence-electron chi connectivity index (χ0n) is 16.9. The number of hydrogen-bond donors (Lipinski definition) is 0. The Balaban J connectivity index is 1.65. The van der Waals surface area contributed by atoms with E-state index in [0.29, 0.717) is 5.92 Å². The Bertz CT molecular complexity index is 814. The number of likely N-dealkylation sites (tertiary alicyclic amines) is 1. The highest BCUT2D eigenvalue weighted by Gasteiger charge is 2.46. The van der Waals surface area contributed by atoms with Crippen molar-refractivity contribution >= 4 is 11.9 Å². The molecule has 1 aromatic carbocycles. The third-order valence-corrected chi connectivity index (χ3v) is 6.56. The van der Waals surface area contributed by atoms with Gasteiger partial charge in [0, 0.05) is 13.1 Å². The van der Waals surface area contributed by atoms with Crippen molar-refractivity contribution in [2.75, 3.05) is 20.2 Å². The Kier molecular flexibility index (Phi) is 6.39. The first kappa shape index (κ1) is 22.1. The number of esters is 1. The molecule has 0 radical (unpaired) electrons. The molecule has 1 amide bonds. The van der Waals surface area contributed by atoms with Crippen LogP contribution in [0, 0.1) is 17.2 Å². The highest BCUT2D eigenvalue weighted by Crippen LogP contribution is 2.39. The van der Waals surface area contributed by atoms with Gasteiger partial charge in [-0.3, -0.25) is 9.59 Å². The Morgan fingerprint density at radius 2 is 1.67 bits per heavy atom. The van der Waals surface area contributed by atoms with Crippen LogP contribution >= 0.6 is 0 Å². The number of amides is 1. The number of hydrogen-bond acceptors (Lipinski definition) is 4. The van der Waals surface area contributed by atoms with Gasteiger partial charge in [-0.05, 0) is 55.6 Å². The number of benzene rings is 1. The maximum Gasteiger partial charge on any atom is 0.471 e. The lowest BCUT2D eigenvalue weighted by Crippen LogP contribution is -2.49. The first-order valence-electron chi connectivity index (χ1n) is 10.2. The number of nitriles is 1. The number of halogens is 3. The van der Waals surface area contributed by atoms with E-state index in [-0.39, 0.29) is 37.8 Å². The fourth-order valence-electron chi connectivity index (χ4n) is 4.64. The topological polar surface area (TPSA) is 70.4 Å². The molecule has 1 aliphatic heterocycles. The van der Waals surface area contributed by atoms with Crippen molar-refractivity contribution in [3.63, 3.8) is 0 Å². The summed E-state index contributed by atoms with van der Waals surface area (Å²) in [6.07, 6.45) is -1.20. The third kappa shape index (κ3) is 4.45. The summed E-state index contributed by atoms with van der Waals surface area (Å²) in [5, 5.41) is 9.78. The van der Waals surface area contributed by atoms with Crippen LogP contribution in [0.3, 0.4) is 0 Å². The van der Waals surface area contributed by atoms with Crippen LogP contribution in [0.15, 0.2) is 24.3 Å². The van der Waals surface area contributed by atoms with E-state index in [1.165, 1.54) is 7.11 Å². The predicted molar refractivity (Wildman–Crippen MR) is 102 cm³/mol. The summed E-state index contributed by atoms with van der Waals surface area (Å²) >= 11 is 0. The summed E-state index contributed by atoms with van der Waals surface area (Å²) in [5.74, 6) is -1.71. The maximum atomic E-state index is 12.7. The van der Waals surface area contributed by atoms with Gasteiger partial charge in [0.05, 0.1) is 24.5 Å². The van der Waals surface area contributed by atoms with Crippen LogP contribution < -0.4 is 0 Å². The number of alkyl halides is 3. The summed E-state index contributed by atoms with van der Waals surface area (Å²) in [7, 11) is 1.40. The van der Waals surface area contributed by atoms with Gasteiger partial charge < -0.3 is 9.64 Å². The second-order valence-corrected chi connectivity index (χ2v) is 8.18. The zero-order valence-corrected chi connectivity index (χ0v) is 16.9. The van der Waals surface area contributed by atoms with Crippen molar-refractivity contribution in [1.82, 2.24) is 4.90 Å². The second-order valence-electron chi connectivity index (χ2n) is 8.18. The van der Waals surface area contributed by atoms with Crippen LogP contribution in [0.5, 0.6) is 0 Å². The normalized spacial score (nSPS) is 24.0. The van der Waals surface area contributed by atoms with Crippen molar-refractivity contribution < 1.29 is 27.5 Å². The van der Waals surface area contributed by atoms with Crippen molar-refractivity contribution in [3.05, 3.63) is 35.4 Å². The van der Waals surface area contributed by atoms with Gasteiger partial charge in [0.15, 0.2) is 0 Å². The molecule has 8 heteroatoms. The van der Waals surface area contributed by atoms with Crippen LogP contribution in [-0.4, -0.2) is 43.2 Å². The van der Waals surface area contributed by atoms with Crippen molar-refractivity contribution in [2.45, 2.75) is 56.0 Å². The molecular weight excluding hydrogens is 397 g/mol. The second kappa shape index (κ2) is 8.66. The Morgan fingerprint density at radius 1 is 1.10 bits per heavy atom. The molecule has 0 aromatic heterocycles. The molecular formula is C22H25F3N2O3. The van der Waals surface area contributed by atoms with Crippen LogP contribution in [0.4, 0.5) is 13.2 Å². The van der Waals surface area contributed by atoms with E-state index in [9.17, 15) is 28.0 Å². The first-order valence-corrected chi connectivity index (χ1v) is 10.2. The summed E-state index contributed by atoms with van der Waals surface area (Å²) in [6, 6.07) is 10.0. The molecule has 0 spiro atoms. The van der Waals surface area contributed by atoms with E-state index in [0.717, 1.165) is 41.7 Å². The lowest BCUT2D eigenvalue weighted by atomic mass is 9.73. The molecule has 0 unspecified atom stereocenters. The van der Waals surface area contributed by atoms with Crippen molar-refractivity contribution in [1.29, 1.82) is 5.26 Å². The van der Waals surface area contributed by atoms with Gasteiger partial charge in [0.2, 0.25) is 0 Å². The number of carbonyl (C=O) groups excluding carboxylic acids is 2. The molecule has 1 aliphatic carbocycles. The lowest BCUT2D eigenvalue weighted by molar-refractivity contribution is -0.186. The summed E-state index contributed by atoms with van der Waals surface area (Å²) in [5.41, 5.74) is 1.03. The van der Waals surface area contributed by atoms with E-state index in [2.05, 4.69) is 6.07 Å². The number of nitrogens with zero attached hydrogens (tertiary/aromatic N) is 2. The lowest BCUT2D eigenvalue weighted by Gasteiger charge is -2.38. The highest BCUT2D eigenvalue weighted by molar-refractivity contribution is 5.82. The molecule has 0 atom stereocenters. The number of ether oxygens (including phenoxy) is 1. The molecule has 0 N–H and O–H groups in total. The average molecular weight is 422 g/mol. The number of methoxy groups -OCH3 is 1. The Morgan fingerprint density at radius 3 is 2.13 bits per heavy atom. The number of piperidine rings is 1. The fraction of sp³-hybridized carbons (Fsp3) is 0.591. The zero-order chi connectivity index (χ0) is 21.9.